The Labute approximate surface area is 111 Å². The highest BCUT2D eigenvalue weighted by Gasteiger charge is 2.26. The Morgan fingerprint density at radius 1 is 1.33 bits per heavy atom. The number of nitrogens with two attached hydrogens (primary N) is 1. The van der Waals surface area contributed by atoms with Gasteiger partial charge in [0.2, 0.25) is 0 Å². The van der Waals surface area contributed by atoms with Crippen LogP contribution in [-0.4, -0.2) is 22.5 Å². The van der Waals surface area contributed by atoms with E-state index in [4.69, 9.17) is 18.0 Å². The summed E-state index contributed by atoms with van der Waals surface area (Å²) in [6, 6.07) is 3.87. The summed E-state index contributed by atoms with van der Waals surface area (Å²) in [6.45, 7) is 0.996. The first-order chi connectivity index (χ1) is 8.59. The van der Waals surface area contributed by atoms with Crippen LogP contribution in [0.1, 0.15) is 24.8 Å². The molecule has 98 valence electrons. The van der Waals surface area contributed by atoms with Crippen LogP contribution < -0.4 is 5.73 Å². The van der Waals surface area contributed by atoms with Gasteiger partial charge in [0.25, 0.3) is 0 Å². The number of piperidine rings is 1. The van der Waals surface area contributed by atoms with Crippen molar-refractivity contribution in [1.82, 2.24) is 4.90 Å². The van der Waals surface area contributed by atoms with Crippen LogP contribution in [0, 0.1) is 11.6 Å². The van der Waals surface area contributed by atoms with Crippen LogP contribution in [0.25, 0.3) is 0 Å². The average Bonchev–Trinajstić information content (AvgIpc) is 2.34. The van der Waals surface area contributed by atoms with Crippen molar-refractivity contribution in [2.45, 2.75) is 31.8 Å². The van der Waals surface area contributed by atoms with E-state index in [9.17, 15) is 8.78 Å². The molecule has 0 amide bonds. The molecule has 1 aliphatic rings. The molecule has 1 aromatic rings. The lowest BCUT2D eigenvalue weighted by molar-refractivity contribution is 0.180. The van der Waals surface area contributed by atoms with Crippen molar-refractivity contribution < 1.29 is 8.78 Å². The maximum atomic E-state index is 13.6. The van der Waals surface area contributed by atoms with Gasteiger partial charge in [-0.15, -0.1) is 0 Å². The molecular weight excluding hydrogens is 254 g/mol. The third-order valence-corrected chi connectivity index (χ3v) is 3.64. The van der Waals surface area contributed by atoms with Gasteiger partial charge in [-0.1, -0.05) is 24.7 Å². The second kappa shape index (κ2) is 5.71. The van der Waals surface area contributed by atoms with Gasteiger partial charge in [-0.2, -0.15) is 0 Å². The fourth-order valence-corrected chi connectivity index (χ4v) is 2.66. The highest BCUT2D eigenvalue weighted by atomic mass is 32.1. The van der Waals surface area contributed by atoms with E-state index in [2.05, 4.69) is 0 Å². The number of hydrogen-bond acceptors (Lipinski definition) is 2. The standard InChI is InChI=1S/C13H16F2N2S/c14-10-4-3-5-11(15)9(10)8-17-7-2-1-6-12(17)13(16)18/h3-5,12H,1-2,6-8H2,(H2,16,18). The van der Waals surface area contributed by atoms with Gasteiger partial charge in [-0.3, -0.25) is 4.90 Å². The van der Waals surface area contributed by atoms with E-state index < -0.39 is 11.6 Å². The SMILES string of the molecule is NC(=S)C1CCCCN1Cc1c(F)cccc1F. The smallest absolute Gasteiger partial charge is 0.130 e. The van der Waals surface area contributed by atoms with Crippen molar-refractivity contribution in [2.24, 2.45) is 5.73 Å². The van der Waals surface area contributed by atoms with Crippen LogP contribution >= 0.6 is 12.2 Å². The molecule has 1 atom stereocenters. The number of hydrogen-bond donors (Lipinski definition) is 1. The van der Waals surface area contributed by atoms with Crippen LogP contribution in [0.2, 0.25) is 0 Å². The largest absolute Gasteiger partial charge is 0.392 e. The van der Waals surface area contributed by atoms with Crippen LogP contribution in [0.15, 0.2) is 18.2 Å². The maximum absolute atomic E-state index is 13.6. The van der Waals surface area contributed by atoms with Gasteiger partial charge < -0.3 is 5.73 Å². The lowest BCUT2D eigenvalue weighted by Crippen LogP contribution is -2.46. The zero-order valence-corrected chi connectivity index (χ0v) is 10.9. The Kier molecular flexibility index (Phi) is 4.24. The van der Waals surface area contributed by atoms with E-state index in [0.717, 1.165) is 25.8 Å². The fraction of sp³-hybridized carbons (Fsp3) is 0.462. The summed E-state index contributed by atoms with van der Waals surface area (Å²) < 4.78 is 27.2. The van der Waals surface area contributed by atoms with E-state index >= 15 is 0 Å². The summed E-state index contributed by atoms with van der Waals surface area (Å²) in [7, 11) is 0. The third kappa shape index (κ3) is 2.84. The Morgan fingerprint density at radius 2 is 2.00 bits per heavy atom. The number of halogens is 2. The summed E-state index contributed by atoms with van der Waals surface area (Å²) in [6.07, 6.45) is 2.93. The van der Waals surface area contributed by atoms with E-state index in [1.54, 1.807) is 0 Å². The monoisotopic (exact) mass is 270 g/mol. The second-order valence-corrected chi connectivity index (χ2v) is 5.06. The predicted octanol–water partition coefficient (Wildman–Crippen LogP) is 2.61. The van der Waals surface area contributed by atoms with E-state index in [1.807, 2.05) is 4.90 Å². The zero-order chi connectivity index (χ0) is 13.1. The summed E-state index contributed by atoms with van der Waals surface area (Å²) in [5.74, 6) is -1.02. The number of benzene rings is 1. The molecule has 0 bridgehead atoms. The number of rotatable bonds is 3. The molecule has 5 heteroatoms. The lowest BCUT2D eigenvalue weighted by atomic mass is 10.0. The van der Waals surface area contributed by atoms with Crippen LogP contribution in [-0.2, 0) is 6.54 Å². The van der Waals surface area contributed by atoms with Crippen molar-refractivity contribution in [3.8, 4) is 0 Å². The normalized spacial score (nSPS) is 20.9. The van der Waals surface area contributed by atoms with Gasteiger partial charge in [0.05, 0.1) is 11.0 Å². The molecule has 1 heterocycles. The molecule has 1 fully saturated rings. The van der Waals surface area contributed by atoms with Gasteiger partial charge in [0, 0.05) is 12.1 Å². The van der Waals surface area contributed by atoms with Crippen molar-refractivity contribution in [3.05, 3.63) is 35.4 Å². The summed E-state index contributed by atoms with van der Waals surface area (Å²) in [5.41, 5.74) is 5.79. The van der Waals surface area contributed by atoms with Crippen LogP contribution in [0.4, 0.5) is 8.78 Å². The van der Waals surface area contributed by atoms with Gasteiger partial charge in [-0.25, -0.2) is 8.78 Å². The Morgan fingerprint density at radius 3 is 2.61 bits per heavy atom. The predicted molar refractivity (Wildman–Crippen MR) is 71.2 cm³/mol. The van der Waals surface area contributed by atoms with Crippen molar-refractivity contribution in [1.29, 1.82) is 0 Å². The van der Waals surface area contributed by atoms with Crippen molar-refractivity contribution >= 4 is 17.2 Å². The van der Waals surface area contributed by atoms with Gasteiger partial charge in [-0.05, 0) is 31.5 Å². The first-order valence-corrected chi connectivity index (χ1v) is 6.46. The molecule has 2 nitrogen and oxygen atoms in total. The molecule has 1 saturated heterocycles. The summed E-state index contributed by atoms with van der Waals surface area (Å²) in [4.78, 5) is 2.37. The summed E-state index contributed by atoms with van der Waals surface area (Å²) in [5, 5.41) is 0. The van der Waals surface area contributed by atoms with Crippen molar-refractivity contribution in [3.63, 3.8) is 0 Å². The average molecular weight is 270 g/mol. The van der Waals surface area contributed by atoms with Crippen molar-refractivity contribution in [2.75, 3.05) is 6.54 Å². The number of likely N-dealkylation sites (tertiary alicyclic amines) is 1. The molecule has 0 saturated carbocycles. The molecule has 2 N–H and O–H groups in total. The molecule has 1 aliphatic heterocycles. The first-order valence-electron chi connectivity index (χ1n) is 6.06. The Balaban J connectivity index is 2.18. The maximum Gasteiger partial charge on any atom is 0.130 e. The Hall–Kier alpha value is -1.07. The minimum absolute atomic E-state index is 0.0484. The molecular formula is C13H16F2N2S. The van der Waals surface area contributed by atoms with Gasteiger partial charge in [0.1, 0.15) is 11.6 Å². The highest BCUT2D eigenvalue weighted by molar-refractivity contribution is 7.80. The molecule has 1 unspecified atom stereocenters. The minimum atomic E-state index is -0.512. The van der Waals surface area contributed by atoms with E-state index in [-0.39, 0.29) is 18.2 Å². The van der Waals surface area contributed by atoms with Crippen LogP contribution in [0.3, 0.4) is 0 Å². The van der Waals surface area contributed by atoms with E-state index in [1.165, 1.54) is 18.2 Å². The first kappa shape index (κ1) is 13.4. The highest BCUT2D eigenvalue weighted by Crippen LogP contribution is 2.22. The van der Waals surface area contributed by atoms with Gasteiger partial charge in [0.15, 0.2) is 0 Å². The molecule has 0 aliphatic carbocycles. The number of thiocarbonyl (C=S) groups is 1. The molecule has 0 aromatic heterocycles. The Bertz CT molecular complexity index is 430. The third-order valence-electron chi connectivity index (χ3n) is 3.36. The van der Waals surface area contributed by atoms with Crippen LogP contribution in [0.5, 0.6) is 0 Å². The summed E-state index contributed by atoms with van der Waals surface area (Å²) >= 11 is 5.02. The quantitative estimate of drug-likeness (QED) is 0.856. The van der Waals surface area contributed by atoms with E-state index in [0.29, 0.717) is 4.99 Å². The second-order valence-electron chi connectivity index (χ2n) is 4.58. The lowest BCUT2D eigenvalue weighted by Gasteiger charge is -2.35. The fourth-order valence-electron chi connectivity index (χ4n) is 2.39. The molecule has 18 heavy (non-hydrogen) atoms. The molecule has 0 spiro atoms. The van der Waals surface area contributed by atoms with Gasteiger partial charge >= 0.3 is 0 Å². The zero-order valence-electron chi connectivity index (χ0n) is 10.0. The molecule has 0 radical (unpaired) electrons. The molecule has 1 aromatic carbocycles. The molecule has 2 rings (SSSR count). The topological polar surface area (TPSA) is 29.3 Å². The minimum Gasteiger partial charge on any atom is -0.392 e. The number of nitrogens with zero attached hydrogens (tertiary/aromatic N) is 1.